The Bertz CT molecular complexity index is 111. The maximum atomic E-state index is 2.39. The molecule has 3 heteroatoms. The van der Waals surface area contributed by atoms with E-state index in [9.17, 15) is 0 Å². The van der Waals surface area contributed by atoms with Crippen molar-refractivity contribution >= 4 is 35.3 Å². The standard InChI is InChI=1S/C11H24S3/c1-5-8-9-14-10(4)11(12-6-2)13-7-3/h10-11H,5-9H2,1-4H3. The molecule has 1 unspecified atom stereocenters. The third-order valence-electron chi connectivity index (χ3n) is 1.92. The van der Waals surface area contributed by atoms with Gasteiger partial charge in [0, 0.05) is 5.25 Å². The molecule has 1 atom stereocenters. The van der Waals surface area contributed by atoms with Gasteiger partial charge >= 0.3 is 0 Å². The first-order valence-corrected chi connectivity index (χ1v) is 8.75. The van der Waals surface area contributed by atoms with Crippen molar-refractivity contribution in [2.45, 2.75) is 50.4 Å². The zero-order chi connectivity index (χ0) is 10.8. The quantitative estimate of drug-likeness (QED) is 0.430. The number of hydrogen-bond acceptors (Lipinski definition) is 3. The lowest BCUT2D eigenvalue weighted by Gasteiger charge is -2.21. The SMILES string of the molecule is CCCCSC(C)C(SCC)SCC. The van der Waals surface area contributed by atoms with Crippen molar-refractivity contribution < 1.29 is 0 Å². The van der Waals surface area contributed by atoms with Gasteiger partial charge in [-0.1, -0.05) is 34.1 Å². The molecule has 0 bridgehead atoms. The van der Waals surface area contributed by atoms with Crippen LogP contribution < -0.4 is 0 Å². The molecule has 0 aliphatic carbocycles. The molecule has 0 aromatic carbocycles. The third kappa shape index (κ3) is 7.36. The molecule has 0 amide bonds. The third-order valence-corrected chi connectivity index (χ3v) is 6.55. The topological polar surface area (TPSA) is 0 Å². The first kappa shape index (κ1) is 15.0. The van der Waals surface area contributed by atoms with Crippen LogP contribution in [0.15, 0.2) is 0 Å². The Morgan fingerprint density at radius 3 is 1.93 bits per heavy atom. The maximum absolute atomic E-state index is 2.39. The number of rotatable bonds is 9. The summed E-state index contributed by atoms with van der Waals surface area (Å²) in [5, 5.41) is 0.802. The van der Waals surface area contributed by atoms with Gasteiger partial charge in [-0.3, -0.25) is 0 Å². The summed E-state index contributed by atoms with van der Waals surface area (Å²) in [6.45, 7) is 9.18. The van der Waals surface area contributed by atoms with Crippen LogP contribution in [0, 0.1) is 0 Å². The van der Waals surface area contributed by atoms with Crippen molar-refractivity contribution in [3.05, 3.63) is 0 Å². The van der Waals surface area contributed by atoms with Crippen molar-refractivity contribution in [3.8, 4) is 0 Å². The van der Waals surface area contributed by atoms with Crippen LogP contribution in [-0.4, -0.2) is 27.1 Å². The molecule has 0 aromatic heterocycles. The van der Waals surface area contributed by atoms with Gasteiger partial charge in [-0.15, -0.1) is 23.5 Å². The van der Waals surface area contributed by atoms with Gasteiger partial charge in [-0.25, -0.2) is 0 Å². The molecule has 0 fully saturated rings. The molecule has 0 heterocycles. The van der Waals surface area contributed by atoms with E-state index in [2.05, 4.69) is 63.0 Å². The number of hydrogen-bond donors (Lipinski definition) is 0. The number of unbranched alkanes of at least 4 members (excludes halogenated alkanes) is 1. The summed E-state index contributed by atoms with van der Waals surface area (Å²) in [6.07, 6.45) is 2.70. The smallest absolute Gasteiger partial charge is 0.0618 e. The minimum atomic E-state index is 0.798. The van der Waals surface area contributed by atoms with Crippen molar-refractivity contribution in [2.75, 3.05) is 17.3 Å². The van der Waals surface area contributed by atoms with E-state index >= 15 is 0 Å². The van der Waals surface area contributed by atoms with Crippen LogP contribution in [0.4, 0.5) is 0 Å². The highest BCUT2D eigenvalue weighted by Gasteiger charge is 2.16. The van der Waals surface area contributed by atoms with E-state index in [4.69, 9.17) is 0 Å². The lowest BCUT2D eigenvalue weighted by Crippen LogP contribution is -2.14. The highest BCUT2D eigenvalue weighted by Crippen LogP contribution is 2.33. The van der Waals surface area contributed by atoms with Crippen LogP contribution in [0.25, 0.3) is 0 Å². The Balaban J connectivity index is 3.69. The van der Waals surface area contributed by atoms with E-state index in [0.717, 1.165) is 9.83 Å². The summed E-state index contributed by atoms with van der Waals surface area (Å²) < 4.78 is 0.798. The largest absolute Gasteiger partial charge is 0.157 e. The van der Waals surface area contributed by atoms with Gasteiger partial charge in [0.05, 0.1) is 4.58 Å². The minimum Gasteiger partial charge on any atom is -0.157 e. The second-order valence-corrected chi connectivity index (χ2v) is 7.83. The first-order chi connectivity index (χ1) is 6.76. The fourth-order valence-electron chi connectivity index (χ4n) is 1.14. The van der Waals surface area contributed by atoms with Gasteiger partial charge in [0.15, 0.2) is 0 Å². The van der Waals surface area contributed by atoms with E-state index in [1.165, 1.54) is 30.1 Å². The molecule has 14 heavy (non-hydrogen) atoms. The molecule has 0 saturated carbocycles. The normalized spacial score (nSPS) is 13.5. The van der Waals surface area contributed by atoms with Gasteiger partial charge in [0.1, 0.15) is 0 Å². The lowest BCUT2D eigenvalue weighted by molar-refractivity contribution is 0.892. The summed E-state index contributed by atoms with van der Waals surface area (Å²) in [5.41, 5.74) is 0. The maximum Gasteiger partial charge on any atom is 0.0618 e. The van der Waals surface area contributed by atoms with Crippen LogP contribution in [0.2, 0.25) is 0 Å². The Morgan fingerprint density at radius 1 is 0.929 bits per heavy atom. The van der Waals surface area contributed by atoms with E-state index in [1.54, 1.807) is 0 Å². The molecule has 0 N–H and O–H groups in total. The van der Waals surface area contributed by atoms with E-state index in [-0.39, 0.29) is 0 Å². The Kier molecular flexibility index (Phi) is 11.4. The Labute approximate surface area is 103 Å². The average Bonchev–Trinajstić information content (AvgIpc) is 2.18. The molecular weight excluding hydrogens is 228 g/mol. The van der Waals surface area contributed by atoms with Crippen LogP contribution in [0.5, 0.6) is 0 Å². The van der Waals surface area contributed by atoms with Crippen LogP contribution in [0.1, 0.15) is 40.5 Å². The van der Waals surface area contributed by atoms with E-state index in [0.29, 0.717) is 0 Å². The predicted molar refractivity (Wildman–Crippen MR) is 76.9 cm³/mol. The van der Waals surface area contributed by atoms with Crippen LogP contribution in [0.3, 0.4) is 0 Å². The second kappa shape index (κ2) is 10.6. The molecule has 0 spiro atoms. The molecule has 0 aromatic rings. The molecule has 0 rings (SSSR count). The van der Waals surface area contributed by atoms with Gasteiger partial charge in [-0.2, -0.15) is 11.8 Å². The van der Waals surface area contributed by atoms with Crippen molar-refractivity contribution in [1.82, 2.24) is 0 Å². The molecule has 0 aliphatic rings. The first-order valence-electron chi connectivity index (χ1n) is 5.61. The van der Waals surface area contributed by atoms with E-state index < -0.39 is 0 Å². The molecule has 0 saturated heterocycles. The van der Waals surface area contributed by atoms with Crippen LogP contribution >= 0.6 is 35.3 Å². The molecular formula is C11H24S3. The Hall–Kier alpha value is 1.05. The summed E-state index contributed by atoms with van der Waals surface area (Å²) in [6, 6.07) is 0. The van der Waals surface area contributed by atoms with Gasteiger partial charge < -0.3 is 0 Å². The summed E-state index contributed by atoms with van der Waals surface area (Å²) in [5.74, 6) is 3.83. The zero-order valence-corrected chi connectivity index (χ0v) is 12.4. The lowest BCUT2D eigenvalue weighted by atomic mass is 10.4. The van der Waals surface area contributed by atoms with Gasteiger partial charge in [0.2, 0.25) is 0 Å². The zero-order valence-electron chi connectivity index (χ0n) is 9.91. The molecule has 0 radical (unpaired) electrons. The molecule has 0 nitrogen and oxygen atoms in total. The highest BCUT2D eigenvalue weighted by atomic mass is 32.2. The second-order valence-electron chi connectivity index (χ2n) is 3.21. The molecule has 0 aliphatic heterocycles. The fraction of sp³-hybridized carbons (Fsp3) is 1.00. The highest BCUT2D eigenvalue weighted by molar-refractivity contribution is 8.18. The predicted octanol–water partition coefficient (Wildman–Crippen LogP) is 4.74. The summed E-state index contributed by atoms with van der Waals surface area (Å²) in [7, 11) is 0. The number of thioether (sulfide) groups is 3. The van der Waals surface area contributed by atoms with Crippen molar-refractivity contribution in [3.63, 3.8) is 0 Å². The average molecular weight is 253 g/mol. The monoisotopic (exact) mass is 252 g/mol. The summed E-state index contributed by atoms with van der Waals surface area (Å²) in [4.78, 5) is 0. The van der Waals surface area contributed by atoms with Crippen molar-refractivity contribution in [1.29, 1.82) is 0 Å². The van der Waals surface area contributed by atoms with Crippen LogP contribution in [-0.2, 0) is 0 Å². The fourth-order valence-corrected chi connectivity index (χ4v) is 5.47. The molecule has 86 valence electrons. The van der Waals surface area contributed by atoms with Gasteiger partial charge in [-0.05, 0) is 23.7 Å². The van der Waals surface area contributed by atoms with Crippen molar-refractivity contribution in [2.24, 2.45) is 0 Å². The minimum absolute atomic E-state index is 0.798. The Morgan fingerprint density at radius 2 is 1.50 bits per heavy atom. The summed E-state index contributed by atoms with van der Waals surface area (Å²) >= 11 is 6.37. The van der Waals surface area contributed by atoms with Gasteiger partial charge in [0.25, 0.3) is 0 Å². The van der Waals surface area contributed by atoms with E-state index in [1.807, 2.05) is 0 Å².